The van der Waals surface area contributed by atoms with Crippen LogP contribution in [0.4, 0.5) is 0 Å². The molecule has 0 saturated heterocycles. The number of hydrogen-bond donors (Lipinski definition) is 1. The van der Waals surface area contributed by atoms with Crippen LogP contribution in [0.25, 0.3) is 0 Å². The molecule has 0 aromatic rings. The van der Waals surface area contributed by atoms with Crippen LogP contribution in [0.5, 0.6) is 0 Å². The molecule has 0 aliphatic carbocycles. The van der Waals surface area contributed by atoms with Gasteiger partial charge in [0.1, 0.15) is 11.2 Å². The van der Waals surface area contributed by atoms with Gasteiger partial charge in [0.2, 0.25) is 0 Å². The summed E-state index contributed by atoms with van der Waals surface area (Å²) in [7, 11) is -2.82. The lowest BCUT2D eigenvalue weighted by Crippen LogP contribution is -2.31. The van der Waals surface area contributed by atoms with Crippen LogP contribution >= 0.6 is 8.03 Å². The van der Waals surface area contributed by atoms with Crippen molar-refractivity contribution in [1.82, 2.24) is 0 Å². The van der Waals surface area contributed by atoms with E-state index in [4.69, 9.17) is 14.4 Å². The highest BCUT2D eigenvalue weighted by Gasteiger charge is 2.28. The van der Waals surface area contributed by atoms with Gasteiger partial charge in [-0.15, -0.1) is 0 Å². The molecule has 0 aliphatic heterocycles. The monoisotopic (exact) mass is 322 g/mol. The molecule has 0 heterocycles. The van der Waals surface area contributed by atoms with Crippen molar-refractivity contribution in [3.05, 3.63) is 0 Å². The molecule has 0 saturated carbocycles. The van der Waals surface area contributed by atoms with E-state index in [1.807, 2.05) is 0 Å². The summed E-state index contributed by atoms with van der Waals surface area (Å²) in [6.45, 7) is 10.4. The van der Waals surface area contributed by atoms with Crippen LogP contribution in [0, 0.1) is 5.92 Å². The van der Waals surface area contributed by atoms with Crippen molar-refractivity contribution in [2.75, 3.05) is 6.16 Å². The number of esters is 2. The Balaban J connectivity index is 4.60. The summed E-state index contributed by atoms with van der Waals surface area (Å²) in [5.74, 6) is -1.76. The molecule has 0 spiro atoms. The summed E-state index contributed by atoms with van der Waals surface area (Å²) in [6.07, 6.45) is -0.0283. The van der Waals surface area contributed by atoms with Gasteiger partial charge in [-0.3, -0.25) is 14.2 Å². The van der Waals surface area contributed by atoms with Crippen LogP contribution in [0.3, 0.4) is 0 Å². The summed E-state index contributed by atoms with van der Waals surface area (Å²) >= 11 is 0. The Morgan fingerprint density at radius 1 is 1.05 bits per heavy atom. The molecule has 0 amide bonds. The van der Waals surface area contributed by atoms with Gasteiger partial charge in [-0.1, -0.05) is 0 Å². The molecule has 0 bridgehead atoms. The SMILES string of the molecule is CC(C)(C)OC(=O)CCC(C[PH](=O)O)C(=O)OC(C)(C)C. The van der Waals surface area contributed by atoms with Crippen LogP contribution < -0.4 is 0 Å². The molecule has 21 heavy (non-hydrogen) atoms. The van der Waals surface area contributed by atoms with Gasteiger partial charge in [-0.05, 0) is 48.0 Å². The third kappa shape index (κ3) is 11.5. The van der Waals surface area contributed by atoms with Gasteiger partial charge >= 0.3 is 11.9 Å². The van der Waals surface area contributed by atoms with E-state index in [-0.39, 0.29) is 19.0 Å². The fraction of sp³-hybridized carbons (Fsp3) is 0.857. The van der Waals surface area contributed by atoms with E-state index in [1.165, 1.54) is 0 Å². The second kappa shape index (κ2) is 7.95. The molecular weight excluding hydrogens is 295 g/mol. The standard InChI is InChI=1S/C14H27O6P/c1-13(2,3)19-11(15)8-7-10(9-21(17)18)12(16)20-14(4,5)6/h10,21H,7-9H2,1-6H3,(H,17,18). The Labute approximate surface area is 127 Å². The van der Waals surface area contributed by atoms with Gasteiger partial charge < -0.3 is 14.4 Å². The molecule has 0 radical (unpaired) electrons. The van der Waals surface area contributed by atoms with Crippen molar-refractivity contribution >= 4 is 20.0 Å². The first-order valence-corrected chi connectivity index (χ1v) is 8.53. The van der Waals surface area contributed by atoms with Crippen molar-refractivity contribution in [3.63, 3.8) is 0 Å². The molecule has 2 atom stereocenters. The highest BCUT2D eigenvalue weighted by Crippen LogP contribution is 2.25. The van der Waals surface area contributed by atoms with Gasteiger partial charge in [0.15, 0.2) is 8.03 Å². The van der Waals surface area contributed by atoms with Crippen LogP contribution in [0.15, 0.2) is 0 Å². The van der Waals surface area contributed by atoms with E-state index in [0.29, 0.717) is 0 Å². The zero-order valence-electron chi connectivity index (χ0n) is 13.7. The maximum atomic E-state index is 12.0. The molecule has 7 heteroatoms. The molecule has 1 N–H and O–H groups in total. The highest BCUT2D eigenvalue weighted by molar-refractivity contribution is 7.38. The third-order valence-electron chi connectivity index (χ3n) is 2.28. The minimum absolute atomic E-state index is 0.0102. The lowest BCUT2D eigenvalue weighted by molar-refractivity contribution is -0.160. The van der Waals surface area contributed by atoms with Crippen LogP contribution in [0.2, 0.25) is 0 Å². The smallest absolute Gasteiger partial charge is 0.310 e. The van der Waals surface area contributed by atoms with Crippen molar-refractivity contribution in [2.45, 2.75) is 65.6 Å². The second-order valence-corrected chi connectivity index (χ2v) is 8.15. The Morgan fingerprint density at radius 2 is 1.52 bits per heavy atom. The predicted molar refractivity (Wildman–Crippen MR) is 80.5 cm³/mol. The molecule has 0 aromatic carbocycles. The van der Waals surface area contributed by atoms with Crippen LogP contribution in [-0.2, 0) is 23.6 Å². The third-order valence-corrected chi connectivity index (χ3v) is 3.12. The number of ether oxygens (including phenoxy) is 2. The summed E-state index contributed by atoms with van der Waals surface area (Å²) in [5.41, 5.74) is -1.27. The zero-order valence-corrected chi connectivity index (χ0v) is 14.7. The molecule has 0 rings (SSSR count). The lowest BCUT2D eigenvalue weighted by atomic mass is 10.0. The lowest BCUT2D eigenvalue weighted by Gasteiger charge is -2.24. The average Bonchev–Trinajstić information content (AvgIpc) is 2.18. The van der Waals surface area contributed by atoms with Gasteiger partial charge in [-0.25, -0.2) is 0 Å². The normalized spacial score (nSPS) is 15.2. The van der Waals surface area contributed by atoms with Crippen LogP contribution in [0.1, 0.15) is 54.4 Å². The summed E-state index contributed by atoms with van der Waals surface area (Å²) in [6, 6.07) is 0. The molecule has 124 valence electrons. The van der Waals surface area contributed by atoms with E-state index in [2.05, 4.69) is 0 Å². The highest BCUT2D eigenvalue weighted by atomic mass is 31.1. The number of rotatable bonds is 6. The minimum atomic E-state index is -2.82. The van der Waals surface area contributed by atoms with E-state index in [0.717, 1.165) is 0 Å². The Bertz CT molecular complexity index is 391. The van der Waals surface area contributed by atoms with Crippen LogP contribution in [-0.4, -0.2) is 34.2 Å². The van der Waals surface area contributed by atoms with Gasteiger partial charge in [0.25, 0.3) is 0 Å². The first-order chi connectivity index (χ1) is 9.30. The quantitative estimate of drug-likeness (QED) is 0.597. The summed E-state index contributed by atoms with van der Waals surface area (Å²) < 4.78 is 21.4. The van der Waals surface area contributed by atoms with Gasteiger partial charge in [-0.2, -0.15) is 0 Å². The number of carbonyl (C=O) groups excluding carboxylic acids is 2. The Morgan fingerprint density at radius 3 is 1.90 bits per heavy atom. The zero-order chi connectivity index (χ0) is 16.8. The van der Waals surface area contributed by atoms with E-state index in [1.54, 1.807) is 41.5 Å². The van der Waals surface area contributed by atoms with Crippen molar-refractivity contribution in [2.24, 2.45) is 5.92 Å². The maximum Gasteiger partial charge on any atom is 0.310 e. The second-order valence-electron chi connectivity index (χ2n) is 6.95. The van der Waals surface area contributed by atoms with E-state index >= 15 is 0 Å². The van der Waals surface area contributed by atoms with Crippen molar-refractivity contribution in [3.8, 4) is 0 Å². The number of hydrogen-bond acceptors (Lipinski definition) is 5. The molecule has 2 unspecified atom stereocenters. The average molecular weight is 322 g/mol. The topological polar surface area (TPSA) is 89.9 Å². The first kappa shape index (κ1) is 20.1. The van der Waals surface area contributed by atoms with E-state index < -0.39 is 37.1 Å². The Kier molecular flexibility index (Phi) is 7.62. The van der Waals surface area contributed by atoms with Crippen molar-refractivity contribution in [1.29, 1.82) is 0 Å². The molecule has 6 nitrogen and oxygen atoms in total. The molecule has 0 fully saturated rings. The number of carbonyl (C=O) groups is 2. The Hall–Kier alpha value is -0.870. The molecular formula is C14H27O6P. The molecule has 0 aliphatic rings. The largest absolute Gasteiger partial charge is 0.460 e. The first-order valence-electron chi connectivity index (χ1n) is 6.96. The summed E-state index contributed by atoms with van der Waals surface area (Å²) in [5, 5.41) is 0. The maximum absolute atomic E-state index is 12.0. The summed E-state index contributed by atoms with van der Waals surface area (Å²) in [4.78, 5) is 32.7. The van der Waals surface area contributed by atoms with Crippen molar-refractivity contribution < 1.29 is 28.5 Å². The minimum Gasteiger partial charge on any atom is -0.460 e. The predicted octanol–water partition coefficient (Wildman–Crippen LogP) is 2.53. The van der Waals surface area contributed by atoms with E-state index in [9.17, 15) is 14.2 Å². The fourth-order valence-corrected chi connectivity index (χ4v) is 2.38. The fourth-order valence-electron chi connectivity index (χ4n) is 1.58. The van der Waals surface area contributed by atoms with Gasteiger partial charge in [0, 0.05) is 12.6 Å². The van der Waals surface area contributed by atoms with Gasteiger partial charge in [0.05, 0.1) is 5.92 Å². The molecule has 0 aromatic heterocycles.